The van der Waals surface area contributed by atoms with E-state index in [4.69, 9.17) is 19.0 Å². The van der Waals surface area contributed by atoms with E-state index in [0.717, 1.165) is 33.4 Å². The van der Waals surface area contributed by atoms with E-state index in [1.807, 2.05) is 69.2 Å². The van der Waals surface area contributed by atoms with Gasteiger partial charge in [-0.05, 0) is 97.2 Å². The summed E-state index contributed by atoms with van der Waals surface area (Å²) in [6.45, 7) is 21.4. The number of hydrogen-bond donors (Lipinski definition) is 2. The van der Waals surface area contributed by atoms with Gasteiger partial charge >= 0.3 is 5.97 Å². The molecule has 2 N–H and O–H groups in total. The minimum atomic E-state index is -0.782. The molecular formula is C38H48N2O7. The standard InChI is InChI=1S/C38H48N2O7/c1-21-22(2)34-31(23(3)33(21)46-24(4)41)30(40-44-12)19-38(11,47-34)20-45-27-15-13-25(14-16-27)39-35(43)32-28(36(5,6)7)17-26(42)18-29(32)37(8,9)10/h13-18,42H,19-20H2,1-12H3,(H,39,43). The van der Waals surface area contributed by atoms with Crippen LogP contribution in [0.25, 0.3) is 0 Å². The van der Waals surface area contributed by atoms with Crippen molar-refractivity contribution >= 4 is 23.3 Å². The fourth-order valence-corrected chi connectivity index (χ4v) is 5.98. The molecule has 0 aliphatic carbocycles. The molecule has 1 amide bonds. The van der Waals surface area contributed by atoms with E-state index < -0.39 is 11.6 Å². The number of nitrogens with zero attached hydrogens (tertiary/aromatic N) is 1. The number of carbonyl (C=O) groups excluding carboxylic acids is 2. The molecule has 4 rings (SSSR count). The fourth-order valence-electron chi connectivity index (χ4n) is 5.98. The normalized spacial score (nSPS) is 17.1. The summed E-state index contributed by atoms with van der Waals surface area (Å²) in [5.41, 5.74) is 5.06. The first-order valence-corrected chi connectivity index (χ1v) is 15.8. The van der Waals surface area contributed by atoms with Crippen molar-refractivity contribution in [2.24, 2.45) is 5.16 Å². The van der Waals surface area contributed by atoms with Gasteiger partial charge in [-0.2, -0.15) is 0 Å². The van der Waals surface area contributed by atoms with Gasteiger partial charge in [-0.3, -0.25) is 9.59 Å². The molecule has 1 heterocycles. The maximum absolute atomic E-state index is 13.8. The van der Waals surface area contributed by atoms with Crippen molar-refractivity contribution in [1.82, 2.24) is 0 Å². The van der Waals surface area contributed by atoms with Crippen molar-refractivity contribution in [3.63, 3.8) is 0 Å². The third kappa shape index (κ3) is 7.56. The number of amides is 1. The summed E-state index contributed by atoms with van der Waals surface area (Å²) in [5.74, 6) is 1.27. The van der Waals surface area contributed by atoms with Gasteiger partial charge in [0.2, 0.25) is 0 Å². The highest BCUT2D eigenvalue weighted by atomic mass is 16.6. The fraction of sp³-hybridized carbons (Fsp3) is 0.447. The topological polar surface area (TPSA) is 116 Å². The van der Waals surface area contributed by atoms with Crippen LogP contribution in [0, 0.1) is 20.8 Å². The SMILES string of the molecule is CON=C1CC(C)(COc2ccc(NC(=O)c3c(C(C)(C)C)cc(O)cc3C(C)(C)C)cc2)Oc2c(C)c(C)c(OC(C)=O)c(C)c21. The van der Waals surface area contributed by atoms with Gasteiger partial charge in [0.15, 0.2) is 0 Å². The van der Waals surface area contributed by atoms with Gasteiger partial charge < -0.3 is 29.5 Å². The molecule has 3 aromatic carbocycles. The Labute approximate surface area is 278 Å². The van der Waals surface area contributed by atoms with Crippen molar-refractivity contribution in [3.8, 4) is 23.0 Å². The van der Waals surface area contributed by atoms with Gasteiger partial charge in [-0.25, -0.2) is 0 Å². The number of benzene rings is 3. The second-order valence-corrected chi connectivity index (χ2v) is 14.6. The summed E-state index contributed by atoms with van der Waals surface area (Å²) < 4.78 is 18.4. The predicted molar refractivity (Wildman–Crippen MR) is 185 cm³/mol. The van der Waals surface area contributed by atoms with Crippen LogP contribution in [0.3, 0.4) is 0 Å². The van der Waals surface area contributed by atoms with E-state index in [1.165, 1.54) is 14.0 Å². The lowest BCUT2D eigenvalue weighted by atomic mass is 9.76. The quantitative estimate of drug-likeness (QED) is 0.152. The van der Waals surface area contributed by atoms with E-state index in [9.17, 15) is 14.7 Å². The molecule has 0 radical (unpaired) electrons. The number of ether oxygens (including phenoxy) is 3. The van der Waals surface area contributed by atoms with Gasteiger partial charge in [0.1, 0.15) is 42.3 Å². The second-order valence-electron chi connectivity index (χ2n) is 14.6. The number of rotatable bonds is 7. The summed E-state index contributed by atoms with van der Waals surface area (Å²) in [6.07, 6.45) is 0.393. The van der Waals surface area contributed by atoms with E-state index in [-0.39, 0.29) is 29.1 Å². The molecule has 0 fully saturated rings. The Balaban J connectivity index is 1.56. The average molecular weight is 645 g/mol. The zero-order valence-electron chi connectivity index (χ0n) is 29.7. The summed E-state index contributed by atoms with van der Waals surface area (Å²) in [4.78, 5) is 30.8. The number of phenolic OH excluding ortho intramolecular Hbond substituents is 1. The molecule has 47 heavy (non-hydrogen) atoms. The highest BCUT2D eigenvalue weighted by molar-refractivity contribution is 6.07. The monoisotopic (exact) mass is 644 g/mol. The van der Waals surface area contributed by atoms with Crippen LogP contribution in [0.5, 0.6) is 23.0 Å². The number of phenols is 1. The highest BCUT2D eigenvalue weighted by Crippen LogP contribution is 2.44. The van der Waals surface area contributed by atoms with Crippen LogP contribution in [0.15, 0.2) is 41.6 Å². The van der Waals surface area contributed by atoms with Crippen molar-refractivity contribution in [2.75, 3.05) is 19.0 Å². The van der Waals surface area contributed by atoms with E-state index >= 15 is 0 Å². The van der Waals surface area contributed by atoms with Gasteiger partial charge in [0.05, 0.1) is 5.71 Å². The number of oxime groups is 1. The van der Waals surface area contributed by atoms with Crippen molar-refractivity contribution in [3.05, 3.63) is 75.3 Å². The van der Waals surface area contributed by atoms with Gasteiger partial charge in [-0.1, -0.05) is 46.7 Å². The van der Waals surface area contributed by atoms with Crippen LogP contribution in [0.1, 0.15) is 106 Å². The molecule has 1 unspecified atom stereocenters. The average Bonchev–Trinajstić information content (AvgIpc) is 2.96. The third-order valence-electron chi connectivity index (χ3n) is 8.43. The molecule has 0 bridgehead atoms. The second kappa shape index (κ2) is 12.9. The minimum absolute atomic E-state index is 0.143. The van der Waals surface area contributed by atoms with Crippen LogP contribution < -0.4 is 19.5 Å². The largest absolute Gasteiger partial charge is 0.508 e. The molecule has 0 saturated carbocycles. The minimum Gasteiger partial charge on any atom is -0.508 e. The zero-order valence-corrected chi connectivity index (χ0v) is 29.7. The van der Waals surface area contributed by atoms with Crippen LogP contribution in [-0.4, -0.2) is 42.0 Å². The Morgan fingerprint density at radius 1 is 0.957 bits per heavy atom. The van der Waals surface area contributed by atoms with Gasteiger partial charge in [0, 0.05) is 35.7 Å². The number of hydrogen-bond acceptors (Lipinski definition) is 8. The van der Waals surface area contributed by atoms with Gasteiger partial charge in [0.25, 0.3) is 5.91 Å². The summed E-state index contributed by atoms with van der Waals surface area (Å²) in [6, 6.07) is 10.6. The lowest BCUT2D eigenvalue weighted by molar-refractivity contribution is -0.132. The van der Waals surface area contributed by atoms with E-state index in [0.29, 0.717) is 40.6 Å². The molecule has 1 aliphatic rings. The number of nitrogens with one attached hydrogen (secondary N) is 1. The highest BCUT2D eigenvalue weighted by Gasteiger charge is 2.40. The molecule has 1 aliphatic heterocycles. The Morgan fingerprint density at radius 3 is 2.04 bits per heavy atom. The Hall–Kier alpha value is -4.53. The Morgan fingerprint density at radius 2 is 1.53 bits per heavy atom. The van der Waals surface area contributed by atoms with Crippen LogP contribution in [-0.2, 0) is 20.5 Å². The molecule has 9 heteroatoms. The summed E-state index contributed by atoms with van der Waals surface area (Å²) >= 11 is 0. The molecule has 0 saturated heterocycles. The van der Waals surface area contributed by atoms with Crippen LogP contribution in [0.2, 0.25) is 0 Å². The molecule has 0 spiro atoms. The maximum atomic E-state index is 13.8. The first kappa shape index (κ1) is 35.3. The molecular weight excluding hydrogens is 596 g/mol. The zero-order chi connectivity index (χ0) is 35.1. The lowest BCUT2D eigenvalue weighted by Gasteiger charge is -2.38. The molecule has 1 atom stereocenters. The maximum Gasteiger partial charge on any atom is 0.308 e. The molecule has 252 valence electrons. The number of fused-ring (bicyclic) bond motifs is 1. The molecule has 3 aromatic rings. The number of aromatic hydroxyl groups is 1. The van der Waals surface area contributed by atoms with E-state index in [2.05, 4.69) is 10.5 Å². The lowest BCUT2D eigenvalue weighted by Crippen LogP contribution is -2.45. The Kier molecular flexibility index (Phi) is 9.72. The van der Waals surface area contributed by atoms with Crippen LogP contribution >= 0.6 is 0 Å². The van der Waals surface area contributed by atoms with Crippen molar-refractivity contribution in [2.45, 2.75) is 99.0 Å². The van der Waals surface area contributed by atoms with Crippen molar-refractivity contribution in [1.29, 1.82) is 0 Å². The number of carbonyl (C=O) groups is 2. The predicted octanol–water partition coefficient (Wildman–Crippen LogP) is 8.06. The van der Waals surface area contributed by atoms with Gasteiger partial charge in [-0.15, -0.1) is 0 Å². The summed E-state index contributed by atoms with van der Waals surface area (Å²) in [7, 11) is 1.50. The first-order valence-electron chi connectivity index (χ1n) is 15.8. The summed E-state index contributed by atoms with van der Waals surface area (Å²) in [5, 5.41) is 17.9. The first-order chi connectivity index (χ1) is 21.8. The third-order valence-corrected chi connectivity index (χ3v) is 8.43. The van der Waals surface area contributed by atoms with Crippen molar-refractivity contribution < 1.29 is 33.7 Å². The van der Waals surface area contributed by atoms with Crippen LogP contribution in [0.4, 0.5) is 5.69 Å². The Bertz CT molecular complexity index is 1690. The molecule has 0 aromatic heterocycles. The number of esters is 1. The smallest absolute Gasteiger partial charge is 0.308 e. The van der Waals surface area contributed by atoms with E-state index in [1.54, 1.807) is 36.4 Å². The number of anilines is 1. The molecule has 9 nitrogen and oxygen atoms in total.